The van der Waals surface area contributed by atoms with Gasteiger partial charge >= 0.3 is 0 Å². The number of carbonyl (C=O) groups is 2. The molecule has 0 atom stereocenters. The second-order valence-electron chi connectivity index (χ2n) is 5.85. The molecule has 0 saturated carbocycles. The molecule has 1 heterocycles. The smallest absolute Gasteiger partial charge is 0.255 e. The summed E-state index contributed by atoms with van der Waals surface area (Å²) in [5.41, 5.74) is 4.32. The number of likely N-dealkylation sites (N-methyl/N-ethyl adjacent to an activating group) is 1. The molecule has 2 amide bonds. The van der Waals surface area contributed by atoms with Crippen LogP contribution >= 0.6 is 11.6 Å². The van der Waals surface area contributed by atoms with Crippen molar-refractivity contribution in [2.24, 2.45) is 0 Å². The van der Waals surface area contributed by atoms with Crippen LogP contribution in [0.25, 0.3) is 0 Å². The maximum Gasteiger partial charge on any atom is 0.255 e. The zero-order chi connectivity index (χ0) is 17.9. The van der Waals surface area contributed by atoms with Gasteiger partial charge in [-0.25, -0.2) is 4.98 Å². The molecule has 24 heavy (non-hydrogen) atoms. The van der Waals surface area contributed by atoms with Gasteiger partial charge in [-0.2, -0.15) is 0 Å². The summed E-state index contributed by atoms with van der Waals surface area (Å²) in [6, 6.07) is 7.15. The van der Waals surface area contributed by atoms with Gasteiger partial charge in [0.1, 0.15) is 5.15 Å². The number of anilines is 1. The predicted octanol–water partition coefficient (Wildman–Crippen LogP) is 3.37. The highest BCUT2D eigenvalue weighted by Crippen LogP contribution is 2.21. The molecule has 2 aromatic rings. The highest BCUT2D eigenvalue weighted by Gasteiger charge is 2.16. The summed E-state index contributed by atoms with van der Waals surface area (Å²) in [7, 11) is 1.57. The second-order valence-corrected chi connectivity index (χ2v) is 6.24. The van der Waals surface area contributed by atoms with E-state index < -0.39 is 0 Å². The summed E-state index contributed by atoms with van der Waals surface area (Å²) in [6.07, 6.45) is 1.40. The van der Waals surface area contributed by atoms with Crippen molar-refractivity contribution in [1.82, 2.24) is 9.88 Å². The Bertz CT molecular complexity index is 749. The quantitative estimate of drug-likeness (QED) is 0.864. The lowest BCUT2D eigenvalue weighted by atomic mass is 10.1. The fourth-order valence-corrected chi connectivity index (χ4v) is 2.68. The largest absolute Gasteiger partial charge is 0.332 e. The van der Waals surface area contributed by atoms with E-state index >= 15 is 0 Å². The molecule has 0 radical (unpaired) electrons. The number of hydrogen-bond acceptors (Lipinski definition) is 3. The van der Waals surface area contributed by atoms with Crippen molar-refractivity contribution in [3.05, 3.63) is 57.9 Å². The molecule has 1 aromatic carbocycles. The molecule has 1 N–H and O–H groups in total. The molecule has 0 fully saturated rings. The summed E-state index contributed by atoms with van der Waals surface area (Å²) in [5, 5.41) is 3.20. The monoisotopic (exact) mass is 345 g/mol. The second kappa shape index (κ2) is 7.45. The number of nitrogens with zero attached hydrogens (tertiary/aromatic N) is 2. The lowest BCUT2D eigenvalue weighted by molar-refractivity contribution is -0.116. The van der Waals surface area contributed by atoms with Crippen molar-refractivity contribution >= 4 is 29.1 Å². The van der Waals surface area contributed by atoms with Crippen LogP contribution < -0.4 is 5.32 Å². The van der Waals surface area contributed by atoms with Crippen molar-refractivity contribution in [1.29, 1.82) is 0 Å². The molecule has 0 bridgehead atoms. The van der Waals surface area contributed by atoms with Crippen LogP contribution in [0.4, 0.5) is 5.69 Å². The van der Waals surface area contributed by atoms with E-state index in [0.29, 0.717) is 10.7 Å². The average Bonchev–Trinajstić information content (AvgIpc) is 2.50. The number of aromatic nitrogens is 1. The zero-order valence-electron chi connectivity index (χ0n) is 14.2. The Morgan fingerprint density at radius 2 is 1.79 bits per heavy atom. The van der Waals surface area contributed by atoms with Gasteiger partial charge < -0.3 is 10.2 Å². The third-order valence-corrected chi connectivity index (χ3v) is 3.87. The number of amides is 2. The molecular formula is C18H20ClN3O2. The molecule has 6 heteroatoms. The van der Waals surface area contributed by atoms with Crippen molar-refractivity contribution < 1.29 is 9.59 Å². The Morgan fingerprint density at radius 1 is 1.17 bits per heavy atom. The number of benzene rings is 1. The number of nitrogens with one attached hydrogen (secondary N) is 1. The van der Waals surface area contributed by atoms with Crippen LogP contribution in [0.2, 0.25) is 5.15 Å². The maximum atomic E-state index is 12.3. The third kappa shape index (κ3) is 4.32. The van der Waals surface area contributed by atoms with Gasteiger partial charge in [0.25, 0.3) is 5.91 Å². The number of halogens is 1. The fraction of sp³-hybridized carbons (Fsp3) is 0.278. The first-order valence-corrected chi connectivity index (χ1v) is 7.90. The highest BCUT2D eigenvalue weighted by atomic mass is 35.5. The van der Waals surface area contributed by atoms with E-state index in [1.807, 2.05) is 32.9 Å². The Morgan fingerprint density at radius 3 is 2.33 bits per heavy atom. The van der Waals surface area contributed by atoms with Crippen molar-refractivity contribution in [2.45, 2.75) is 20.8 Å². The van der Waals surface area contributed by atoms with Gasteiger partial charge in [-0.3, -0.25) is 9.59 Å². The van der Waals surface area contributed by atoms with Crippen LogP contribution in [0.15, 0.2) is 30.5 Å². The number of carbonyl (C=O) groups excluding carboxylic acids is 2. The van der Waals surface area contributed by atoms with Crippen LogP contribution in [0.3, 0.4) is 0 Å². The van der Waals surface area contributed by atoms with E-state index in [1.165, 1.54) is 11.1 Å². The molecule has 0 aliphatic heterocycles. The Kier molecular flexibility index (Phi) is 5.57. The van der Waals surface area contributed by atoms with Crippen LogP contribution in [0.1, 0.15) is 27.0 Å². The first-order valence-electron chi connectivity index (χ1n) is 7.52. The van der Waals surface area contributed by atoms with Crippen LogP contribution in [0.5, 0.6) is 0 Å². The topological polar surface area (TPSA) is 62.3 Å². The summed E-state index contributed by atoms with van der Waals surface area (Å²) < 4.78 is 0. The fourth-order valence-electron chi connectivity index (χ4n) is 2.57. The Hall–Kier alpha value is -2.40. The molecule has 2 rings (SSSR count). The number of hydrogen-bond donors (Lipinski definition) is 1. The average molecular weight is 346 g/mol. The highest BCUT2D eigenvalue weighted by molar-refractivity contribution is 6.29. The summed E-state index contributed by atoms with van der Waals surface area (Å²) >= 11 is 5.71. The summed E-state index contributed by atoms with van der Waals surface area (Å²) in [4.78, 5) is 29.8. The Labute approximate surface area is 146 Å². The first-order chi connectivity index (χ1) is 11.3. The zero-order valence-corrected chi connectivity index (χ0v) is 14.9. The van der Waals surface area contributed by atoms with E-state index in [0.717, 1.165) is 22.4 Å². The minimum absolute atomic E-state index is 0.0474. The van der Waals surface area contributed by atoms with Crippen molar-refractivity contribution in [3.63, 3.8) is 0 Å². The predicted molar refractivity (Wildman–Crippen MR) is 95.5 cm³/mol. The third-order valence-electron chi connectivity index (χ3n) is 3.64. The number of rotatable bonds is 4. The van der Waals surface area contributed by atoms with Gasteiger partial charge in [-0.1, -0.05) is 29.3 Å². The molecule has 0 unspecified atom stereocenters. The van der Waals surface area contributed by atoms with E-state index in [2.05, 4.69) is 10.3 Å². The van der Waals surface area contributed by atoms with Gasteiger partial charge in [0.2, 0.25) is 5.91 Å². The molecule has 0 aliphatic rings. The van der Waals surface area contributed by atoms with Gasteiger partial charge in [0.15, 0.2) is 0 Å². The van der Waals surface area contributed by atoms with Crippen LogP contribution in [-0.4, -0.2) is 35.3 Å². The lowest BCUT2D eigenvalue weighted by Gasteiger charge is -2.18. The molecule has 126 valence electrons. The van der Waals surface area contributed by atoms with Crippen molar-refractivity contribution in [2.75, 3.05) is 18.9 Å². The van der Waals surface area contributed by atoms with Crippen molar-refractivity contribution in [3.8, 4) is 0 Å². The van der Waals surface area contributed by atoms with E-state index in [-0.39, 0.29) is 18.4 Å². The van der Waals surface area contributed by atoms with E-state index in [9.17, 15) is 9.59 Å². The maximum absolute atomic E-state index is 12.3. The molecule has 0 aliphatic carbocycles. The number of pyridine rings is 1. The lowest BCUT2D eigenvalue weighted by Crippen LogP contribution is -2.35. The van der Waals surface area contributed by atoms with Gasteiger partial charge in [-0.15, -0.1) is 0 Å². The normalized spacial score (nSPS) is 10.4. The van der Waals surface area contributed by atoms with Gasteiger partial charge in [-0.05, 0) is 44.0 Å². The minimum atomic E-state index is -0.285. The molecule has 0 saturated heterocycles. The van der Waals surface area contributed by atoms with Crippen LogP contribution in [0, 0.1) is 20.8 Å². The first kappa shape index (κ1) is 17.9. The SMILES string of the molecule is Cc1cc(C)c(NC(=O)CN(C)C(=O)c2ccc(Cl)nc2)c(C)c1. The minimum Gasteiger partial charge on any atom is -0.332 e. The molecule has 5 nitrogen and oxygen atoms in total. The van der Waals surface area contributed by atoms with E-state index in [4.69, 9.17) is 11.6 Å². The van der Waals surface area contributed by atoms with E-state index in [1.54, 1.807) is 19.2 Å². The van der Waals surface area contributed by atoms with Gasteiger partial charge in [0.05, 0.1) is 12.1 Å². The van der Waals surface area contributed by atoms with Crippen LogP contribution in [-0.2, 0) is 4.79 Å². The summed E-state index contributed by atoms with van der Waals surface area (Å²) in [5.74, 6) is -0.533. The molecule has 0 spiro atoms. The number of aryl methyl sites for hydroxylation is 3. The Balaban J connectivity index is 2.04. The van der Waals surface area contributed by atoms with Gasteiger partial charge in [0, 0.05) is 18.9 Å². The molecular weight excluding hydrogens is 326 g/mol. The summed E-state index contributed by atoms with van der Waals surface area (Å²) in [6.45, 7) is 5.86. The molecule has 1 aromatic heterocycles. The standard InChI is InChI=1S/C18H20ClN3O2/c1-11-7-12(2)17(13(3)8-11)21-16(23)10-22(4)18(24)14-5-6-15(19)20-9-14/h5-9H,10H2,1-4H3,(H,21,23).